The van der Waals surface area contributed by atoms with Crippen molar-refractivity contribution in [2.24, 2.45) is 11.8 Å². The Labute approximate surface area is 175 Å². The molecule has 0 saturated carbocycles. The number of piperidine rings is 2. The van der Waals surface area contributed by atoms with Crippen molar-refractivity contribution in [3.05, 3.63) is 29.8 Å². The molecule has 162 valence electrons. The highest BCUT2D eigenvalue weighted by Gasteiger charge is 2.33. The number of sulfonamides is 1. The average molecular weight is 422 g/mol. The molecule has 1 aromatic carbocycles. The Morgan fingerprint density at radius 2 is 1.83 bits per heavy atom. The quantitative estimate of drug-likeness (QED) is 0.687. The van der Waals surface area contributed by atoms with E-state index in [-0.39, 0.29) is 18.4 Å². The van der Waals surface area contributed by atoms with Crippen molar-refractivity contribution in [3.8, 4) is 0 Å². The smallest absolute Gasteiger partial charge is 0.243 e. The van der Waals surface area contributed by atoms with E-state index in [4.69, 9.17) is 0 Å². The normalized spacial score (nSPS) is 24.3. The van der Waals surface area contributed by atoms with Crippen LogP contribution in [0.5, 0.6) is 0 Å². The van der Waals surface area contributed by atoms with Crippen LogP contribution < -0.4 is 5.32 Å². The number of hydrogen-bond donors (Lipinski definition) is 1. The molecule has 6 nitrogen and oxygen atoms in total. The maximum absolute atomic E-state index is 12.9. The van der Waals surface area contributed by atoms with E-state index in [9.17, 15) is 13.2 Å². The summed E-state index contributed by atoms with van der Waals surface area (Å²) < 4.78 is 27.3. The minimum absolute atomic E-state index is 0.0131. The number of amides is 1. The van der Waals surface area contributed by atoms with Gasteiger partial charge in [-0.1, -0.05) is 24.6 Å². The van der Waals surface area contributed by atoms with Crippen molar-refractivity contribution in [1.29, 1.82) is 0 Å². The van der Waals surface area contributed by atoms with Crippen LogP contribution >= 0.6 is 0 Å². The zero-order valence-corrected chi connectivity index (χ0v) is 18.6. The molecule has 2 aliphatic rings. The van der Waals surface area contributed by atoms with E-state index in [0.717, 1.165) is 50.4 Å². The maximum Gasteiger partial charge on any atom is 0.243 e. The first-order valence-electron chi connectivity index (χ1n) is 10.9. The summed E-state index contributed by atoms with van der Waals surface area (Å²) in [6.45, 7) is 8.97. The van der Waals surface area contributed by atoms with E-state index in [1.165, 1.54) is 17.1 Å². The molecular formula is C22H35N3O3S. The fourth-order valence-electron chi connectivity index (χ4n) is 4.38. The summed E-state index contributed by atoms with van der Waals surface area (Å²) in [5.41, 5.74) is 1.03. The minimum Gasteiger partial charge on any atom is -0.356 e. The van der Waals surface area contributed by atoms with Crippen molar-refractivity contribution in [3.63, 3.8) is 0 Å². The first kappa shape index (κ1) is 22.2. The first-order valence-corrected chi connectivity index (χ1v) is 12.4. The number of hydrogen-bond acceptors (Lipinski definition) is 4. The van der Waals surface area contributed by atoms with Crippen molar-refractivity contribution in [2.75, 3.05) is 39.3 Å². The van der Waals surface area contributed by atoms with Crippen LogP contribution in [-0.2, 0) is 14.8 Å². The summed E-state index contributed by atoms with van der Waals surface area (Å²) in [6.07, 6.45) is 4.98. The maximum atomic E-state index is 12.9. The van der Waals surface area contributed by atoms with Crippen molar-refractivity contribution < 1.29 is 13.2 Å². The van der Waals surface area contributed by atoms with Crippen LogP contribution in [0.3, 0.4) is 0 Å². The molecule has 7 heteroatoms. The number of nitrogens with one attached hydrogen (secondary N) is 1. The van der Waals surface area contributed by atoms with E-state index in [2.05, 4.69) is 17.1 Å². The molecule has 29 heavy (non-hydrogen) atoms. The molecule has 2 fully saturated rings. The number of benzene rings is 1. The van der Waals surface area contributed by atoms with Gasteiger partial charge < -0.3 is 10.2 Å². The highest BCUT2D eigenvalue weighted by atomic mass is 32.2. The number of nitrogens with zero attached hydrogens (tertiary/aromatic N) is 2. The Morgan fingerprint density at radius 1 is 1.10 bits per heavy atom. The van der Waals surface area contributed by atoms with Crippen LogP contribution in [-0.4, -0.2) is 62.8 Å². The van der Waals surface area contributed by atoms with Gasteiger partial charge >= 0.3 is 0 Å². The second kappa shape index (κ2) is 10.0. The molecule has 0 aromatic heterocycles. The molecule has 2 heterocycles. The number of aryl methyl sites for hydroxylation is 1. The lowest BCUT2D eigenvalue weighted by atomic mass is 9.99. The Balaban J connectivity index is 1.47. The third-order valence-electron chi connectivity index (χ3n) is 6.11. The third kappa shape index (κ3) is 6.03. The summed E-state index contributed by atoms with van der Waals surface area (Å²) in [5, 5.41) is 3.04. The van der Waals surface area contributed by atoms with Gasteiger partial charge in [0.25, 0.3) is 0 Å². The highest BCUT2D eigenvalue weighted by Crippen LogP contribution is 2.24. The second-order valence-corrected chi connectivity index (χ2v) is 10.6. The predicted octanol–water partition coefficient (Wildman–Crippen LogP) is 2.63. The highest BCUT2D eigenvalue weighted by molar-refractivity contribution is 7.89. The van der Waals surface area contributed by atoms with Gasteiger partial charge in [0, 0.05) is 26.2 Å². The van der Waals surface area contributed by atoms with Crippen molar-refractivity contribution in [1.82, 2.24) is 14.5 Å². The van der Waals surface area contributed by atoms with Crippen molar-refractivity contribution in [2.45, 2.75) is 50.8 Å². The molecular weight excluding hydrogens is 386 g/mol. The largest absolute Gasteiger partial charge is 0.356 e. The van der Waals surface area contributed by atoms with Crippen LogP contribution in [0.4, 0.5) is 0 Å². The fraction of sp³-hybridized carbons (Fsp3) is 0.682. The van der Waals surface area contributed by atoms with Crippen LogP contribution in [0.25, 0.3) is 0 Å². The molecule has 2 saturated heterocycles. The Hall–Kier alpha value is -1.44. The van der Waals surface area contributed by atoms with Crippen LogP contribution in [0.15, 0.2) is 29.2 Å². The van der Waals surface area contributed by atoms with E-state index >= 15 is 0 Å². The third-order valence-corrected chi connectivity index (χ3v) is 7.98. The summed E-state index contributed by atoms with van der Waals surface area (Å²) in [7, 11) is -3.54. The van der Waals surface area contributed by atoms with E-state index in [1.54, 1.807) is 12.1 Å². The summed E-state index contributed by atoms with van der Waals surface area (Å²) in [4.78, 5) is 15.4. The fourth-order valence-corrected chi connectivity index (χ4v) is 5.91. The van der Waals surface area contributed by atoms with Gasteiger partial charge in [0.1, 0.15) is 0 Å². The molecule has 1 N–H and O–H groups in total. The molecule has 1 aromatic rings. The number of carbonyl (C=O) groups excluding carboxylic acids is 1. The summed E-state index contributed by atoms with van der Waals surface area (Å²) in [5.74, 6) is 0.488. The second-order valence-electron chi connectivity index (χ2n) is 8.71. The Kier molecular flexibility index (Phi) is 7.71. The zero-order valence-electron chi connectivity index (χ0n) is 17.8. The molecule has 2 atom stereocenters. The topological polar surface area (TPSA) is 69.7 Å². The van der Waals surface area contributed by atoms with Gasteiger partial charge in [0.15, 0.2) is 0 Å². The lowest BCUT2D eigenvalue weighted by Gasteiger charge is -2.32. The standard InChI is InChI=1S/C22H35N3O3S/c1-18-8-10-21(11-9-18)29(27,28)25-15-4-7-20(17-25)22(26)23-12-5-14-24-13-3-6-19(2)16-24/h8-11,19-20H,3-7,12-17H2,1-2H3,(H,23,26)/t19-,20+/m0/s1. The summed E-state index contributed by atoms with van der Waals surface area (Å²) >= 11 is 0. The molecule has 2 aliphatic heterocycles. The molecule has 3 rings (SSSR count). The van der Waals surface area contributed by atoms with E-state index in [0.29, 0.717) is 18.0 Å². The molecule has 1 amide bonds. The molecule has 0 unspecified atom stereocenters. The Bertz CT molecular complexity index is 779. The zero-order chi connectivity index (χ0) is 20.9. The molecule has 0 bridgehead atoms. The molecule has 0 aliphatic carbocycles. The minimum atomic E-state index is -3.54. The molecule has 0 spiro atoms. The molecule has 0 radical (unpaired) electrons. The van der Waals surface area contributed by atoms with Gasteiger partial charge in [-0.3, -0.25) is 4.79 Å². The lowest BCUT2D eigenvalue weighted by Crippen LogP contribution is -2.45. The number of carbonyl (C=O) groups is 1. The van der Waals surface area contributed by atoms with Crippen LogP contribution in [0, 0.1) is 18.8 Å². The van der Waals surface area contributed by atoms with Crippen LogP contribution in [0.2, 0.25) is 0 Å². The number of likely N-dealkylation sites (tertiary alicyclic amines) is 1. The lowest BCUT2D eigenvalue weighted by molar-refractivity contribution is -0.126. The van der Waals surface area contributed by atoms with E-state index < -0.39 is 10.0 Å². The SMILES string of the molecule is Cc1ccc(S(=O)(=O)N2CCC[C@@H](C(=O)NCCCN3CCC[C@H](C)C3)C2)cc1. The first-order chi connectivity index (χ1) is 13.9. The monoisotopic (exact) mass is 421 g/mol. The Morgan fingerprint density at radius 3 is 2.55 bits per heavy atom. The van der Waals surface area contributed by atoms with Crippen molar-refractivity contribution >= 4 is 15.9 Å². The summed E-state index contributed by atoms with van der Waals surface area (Å²) in [6, 6.07) is 6.92. The van der Waals surface area contributed by atoms with Gasteiger partial charge in [-0.15, -0.1) is 0 Å². The van der Waals surface area contributed by atoms with E-state index in [1.807, 2.05) is 19.1 Å². The van der Waals surface area contributed by atoms with Crippen LogP contribution in [0.1, 0.15) is 44.6 Å². The van der Waals surface area contributed by atoms with Gasteiger partial charge in [-0.25, -0.2) is 8.42 Å². The average Bonchev–Trinajstić information content (AvgIpc) is 2.71. The van der Waals surface area contributed by atoms with Gasteiger partial charge in [0.05, 0.1) is 10.8 Å². The van der Waals surface area contributed by atoms with Gasteiger partial charge in [-0.2, -0.15) is 4.31 Å². The van der Waals surface area contributed by atoms with Gasteiger partial charge in [-0.05, 0) is 70.2 Å². The predicted molar refractivity (Wildman–Crippen MR) is 115 cm³/mol. The number of rotatable bonds is 7. The van der Waals surface area contributed by atoms with Gasteiger partial charge in [0.2, 0.25) is 15.9 Å².